The Bertz CT molecular complexity index is 385. The second-order valence-corrected chi connectivity index (χ2v) is 9.91. The molecule has 2 fully saturated rings. The average molecular weight is 287 g/mol. The molecule has 0 aromatic rings. The fourth-order valence-electron chi connectivity index (χ4n) is 3.28. The first kappa shape index (κ1) is 15.3. The Labute approximate surface area is 118 Å². The van der Waals surface area contributed by atoms with Crippen molar-refractivity contribution in [2.24, 2.45) is 15.7 Å². The molecule has 112 valence electrons. The number of nitrogens with zero attached hydrogens (tertiary/aromatic N) is 1. The van der Waals surface area contributed by atoms with Gasteiger partial charge in [-0.1, -0.05) is 20.8 Å². The third-order valence-electron chi connectivity index (χ3n) is 4.15. The summed E-state index contributed by atoms with van der Waals surface area (Å²) in [5.41, 5.74) is 0.431. The van der Waals surface area contributed by atoms with E-state index in [4.69, 9.17) is 9.10 Å². The van der Waals surface area contributed by atoms with Crippen molar-refractivity contribution in [1.29, 1.82) is 0 Å². The lowest BCUT2D eigenvalue weighted by Crippen LogP contribution is -2.28. The third-order valence-corrected chi connectivity index (χ3v) is 6.44. The summed E-state index contributed by atoms with van der Waals surface area (Å²) in [6.07, 6.45) is 6.11. The monoisotopic (exact) mass is 287 g/mol. The van der Waals surface area contributed by atoms with E-state index in [2.05, 4.69) is 20.8 Å². The second-order valence-electron chi connectivity index (χ2n) is 7.34. The number of rotatable bonds is 2. The highest BCUT2D eigenvalue weighted by atomic mass is 32.2. The molecule has 0 radical (unpaired) electrons. The molecule has 0 bridgehead atoms. The van der Waals surface area contributed by atoms with Crippen molar-refractivity contribution in [3.05, 3.63) is 0 Å². The van der Waals surface area contributed by atoms with Crippen LogP contribution in [-0.2, 0) is 14.5 Å². The van der Waals surface area contributed by atoms with Gasteiger partial charge in [0, 0.05) is 0 Å². The Morgan fingerprint density at radius 3 is 2.21 bits per heavy atom. The quantitative estimate of drug-likeness (QED) is 0.780. The van der Waals surface area contributed by atoms with E-state index >= 15 is 0 Å². The van der Waals surface area contributed by atoms with Crippen LogP contribution in [0.5, 0.6) is 0 Å². The lowest BCUT2D eigenvalue weighted by Gasteiger charge is -2.31. The number of ether oxygens (including phenoxy) is 1. The fraction of sp³-hybridized carbons (Fsp3) is 1.00. The molecule has 1 saturated heterocycles. The topological polar surface area (TPSA) is 38.7 Å². The smallest absolute Gasteiger partial charge is 0.0594 e. The third kappa shape index (κ3) is 5.07. The van der Waals surface area contributed by atoms with Crippen LogP contribution in [0.3, 0.4) is 0 Å². The summed E-state index contributed by atoms with van der Waals surface area (Å²) in [4.78, 5) is 0. The van der Waals surface area contributed by atoms with Crippen molar-refractivity contribution in [2.75, 3.05) is 24.7 Å². The van der Waals surface area contributed by atoms with Crippen LogP contribution in [0.4, 0.5) is 0 Å². The first-order valence-electron chi connectivity index (χ1n) is 7.66. The standard InChI is InChI=1S/C15H29NO2S/c1-15(2,3)12-13-4-6-14(7-5-13)16-19(17)10-8-18-9-11-19/h13-14H,4-12H2,1-3H3. The Balaban J connectivity index is 1.86. The molecular weight excluding hydrogens is 258 g/mol. The van der Waals surface area contributed by atoms with Gasteiger partial charge in [0.25, 0.3) is 0 Å². The highest BCUT2D eigenvalue weighted by molar-refractivity contribution is 7.93. The molecule has 1 aliphatic carbocycles. The Kier molecular flexibility index (Phi) is 4.93. The summed E-state index contributed by atoms with van der Waals surface area (Å²) in [7, 11) is -1.94. The molecule has 0 aromatic carbocycles. The number of hydrogen-bond donors (Lipinski definition) is 0. The van der Waals surface area contributed by atoms with Gasteiger partial charge in [-0.3, -0.25) is 0 Å². The van der Waals surface area contributed by atoms with Crippen LogP contribution < -0.4 is 0 Å². The van der Waals surface area contributed by atoms with Gasteiger partial charge >= 0.3 is 0 Å². The Hall–Kier alpha value is -0.0900. The predicted molar refractivity (Wildman–Crippen MR) is 80.9 cm³/mol. The molecule has 0 unspecified atom stereocenters. The van der Waals surface area contributed by atoms with Crippen molar-refractivity contribution < 1.29 is 8.95 Å². The van der Waals surface area contributed by atoms with Crippen molar-refractivity contribution in [3.63, 3.8) is 0 Å². The molecule has 3 nitrogen and oxygen atoms in total. The van der Waals surface area contributed by atoms with Crippen LogP contribution in [0.25, 0.3) is 0 Å². The molecule has 0 amide bonds. The molecule has 0 spiro atoms. The molecule has 1 heterocycles. The van der Waals surface area contributed by atoms with E-state index in [1.807, 2.05) is 0 Å². The molecule has 1 aliphatic heterocycles. The van der Waals surface area contributed by atoms with Crippen molar-refractivity contribution in [3.8, 4) is 0 Å². The first-order chi connectivity index (χ1) is 8.86. The van der Waals surface area contributed by atoms with E-state index < -0.39 is 9.73 Å². The van der Waals surface area contributed by atoms with Gasteiger partial charge in [-0.05, 0) is 43.4 Å². The van der Waals surface area contributed by atoms with Gasteiger partial charge in [-0.2, -0.15) is 0 Å². The van der Waals surface area contributed by atoms with Gasteiger partial charge in [0.15, 0.2) is 0 Å². The van der Waals surface area contributed by atoms with E-state index in [0.29, 0.717) is 36.2 Å². The fourth-order valence-corrected chi connectivity index (χ4v) is 5.21. The van der Waals surface area contributed by atoms with Crippen molar-refractivity contribution >= 4 is 9.73 Å². The SMILES string of the molecule is CC(C)(C)CC1CCC(N=S2(=O)CCOCC2)CC1. The zero-order chi connectivity index (χ0) is 13.9. The van der Waals surface area contributed by atoms with Crippen molar-refractivity contribution in [2.45, 2.75) is 58.9 Å². The van der Waals surface area contributed by atoms with Gasteiger partial charge in [0.1, 0.15) is 0 Å². The summed E-state index contributed by atoms with van der Waals surface area (Å²) >= 11 is 0. The van der Waals surface area contributed by atoms with Gasteiger partial charge in [0.05, 0.1) is 40.5 Å². The highest BCUT2D eigenvalue weighted by Gasteiger charge is 2.26. The maximum absolute atomic E-state index is 12.5. The van der Waals surface area contributed by atoms with Gasteiger partial charge < -0.3 is 4.74 Å². The highest BCUT2D eigenvalue weighted by Crippen LogP contribution is 2.35. The maximum atomic E-state index is 12.5. The Morgan fingerprint density at radius 2 is 1.68 bits per heavy atom. The second kappa shape index (κ2) is 6.13. The van der Waals surface area contributed by atoms with E-state index in [1.54, 1.807) is 0 Å². The number of hydrogen-bond acceptors (Lipinski definition) is 3. The minimum Gasteiger partial charge on any atom is -0.379 e. The van der Waals surface area contributed by atoms with E-state index in [0.717, 1.165) is 18.8 Å². The van der Waals surface area contributed by atoms with Gasteiger partial charge in [-0.25, -0.2) is 8.57 Å². The molecule has 1 saturated carbocycles. The summed E-state index contributed by atoms with van der Waals surface area (Å²) < 4.78 is 22.5. The van der Waals surface area contributed by atoms with Crippen LogP contribution in [0.1, 0.15) is 52.9 Å². The normalized spacial score (nSPS) is 31.9. The van der Waals surface area contributed by atoms with Crippen LogP contribution in [0, 0.1) is 11.3 Å². The zero-order valence-corrected chi connectivity index (χ0v) is 13.5. The molecule has 0 atom stereocenters. The van der Waals surface area contributed by atoms with E-state index in [9.17, 15) is 4.21 Å². The van der Waals surface area contributed by atoms with Crippen LogP contribution in [-0.4, -0.2) is 35.0 Å². The van der Waals surface area contributed by atoms with Crippen LogP contribution in [0.2, 0.25) is 0 Å². The lowest BCUT2D eigenvalue weighted by molar-refractivity contribution is 0.157. The maximum Gasteiger partial charge on any atom is 0.0594 e. The largest absolute Gasteiger partial charge is 0.379 e. The zero-order valence-electron chi connectivity index (χ0n) is 12.7. The summed E-state index contributed by atoms with van der Waals surface area (Å²) in [6, 6.07) is 0.349. The van der Waals surface area contributed by atoms with Gasteiger partial charge in [-0.15, -0.1) is 0 Å². The van der Waals surface area contributed by atoms with E-state index in [1.165, 1.54) is 19.3 Å². The van der Waals surface area contributed by atoms with Crippen LogP contribution in [0.15, 0.2) is 4.36 Å². The first-order valence-corrected chi connectivity index (χ1v) is 9.51. The van der Waals surface area contributed by atoms with Crippen LogP contribution >= 0.6 is 0 Å². The Morgan fingerprint density at radius 1 is 1.11 bits per heavy atom. The molecule has 4 heteroatoms. The molecule has 0 aromatic heterocycles. The summed E-state index contributed by atoms with van der Waals surface area (Å²) in [5, 5.41) is 0. The molecule has 19 heavy (non-hydrogen) atoms. The van der Waals surface area contributed by atoms with Crippen molar-refractivity contribution in [1.82, 2.24) is 0 Å². The average Bonchev–Trinajstić information content (AvgIpc) is 2.30. The molecule has 2 aliphatic rings. The molecule has 2 rings (SSSR count). The summed E-state index contributed by atoms with van der Waals surface area (Å²) in [5.74, 6) is 2.14. The minimum absolute atomic E-state index is 0.349. The molecule has 0 N–H and O–H groups in total. The molecular formula is C15H29NO2S. The predicted octanol–water partition coefficient (Wildman–Crippen LogP) is 3.48. The lowest BCUT2D eigenvalue weighted by atomic mass is 9.76. The van der Waals surface area contributed by atoms with E-state index in [-0.39, 0.29) is 0 Å². The minimum atomic E-state index is -1.94. The van der Waals surface area contributed by atoms with Gasteiger partial charge in [0.2, 0.25) is 0 Å². The summed E-state index contributed by atoms with van der Waals surface area (Å²) in [6.45, 7) is 8.22.